The average Bonchev–Trinajstić information content (AvgIpc) is 3.31. The fourth-order valence-electron chi connectivity index (χ4n) is 4.29. The third-order valence-corrected chi connectivity index (χ3v) is 7.22. The molecule has 0 bridgehead atoms. The summed E-state index contributed by atoms with van der Waals surface area (Å²) in [5.41, 5.74) is 4.27. The van der Waals surface area contributed by atoms with Crippen molar-refractivity contribution in [1.82, 2.24) is 0 Å². The summed E-state index contributed by atoms with van der Waals surface area (Å²) in [7, 11) is 3.21. The van der Waals surface area contributed by atoms with Gasteiger partial charge in [-0.25, -0.2) is 4.39 Å². The molecule has 0 radical (unpaired) electrons. The van der Waals surface area contributed by atoms with Gasteiger partial charge >= 0.3 is 0 Å². The Morgan fingerprint density at radius 3 is 2.51 bits per heavy atom. The van der Waals surface area contributed by atoms with E-state index in [-0.39, 0.29) is 24.2 Å². The monoisotopic (exact) mass is 489 g/mol. The van der Waals surface area contributed by atoms with Gasteiger partial charge in [-0.1, -0.05) is 36.4 Å². The molecule has 178 valence electrons. The van der Waals surface area contributed by atoms with Gasteiger partial charge in [-0.2, -0.15) is 0 Å². The minimum absolute atomic E-state index is 0.0255. The van der Waals surface area contributed by atoms with E-state index in [0.29, 0.717) is 29.2 Å². The number of nitrogens with one attached hydrogen (secondary N) is 1. The number of hydrogen-bond donors (Lipinski definition) is 1. The molecule has 3 aromatic carbocycles. The predicted octanol–water partition coefficient (Wildman–Crippen LogP) is 6.62. The van der Waals surface area contributed by atoms with Crippen LogP contribution in [-0.4, -0.2) is 20.1 Å². The summed E-state index contributed by atoms with van der Waals surface area (Å²) >= 11 is 1.63. The van der Waals surface area contributed by atoms with Gasteiger partial charge in [0, 0.05) is 33.7 Å². The molecule has 1 aliphatic rings. The van der Waals surface area contributed by atoms with Crippen molar-refractivity contribution in [1.29, 1.82) is 0 Å². The van der Waals surface area contributed by atoms with Gasteiger partial charge in [0.25, 0.3) is 0 Å². The van der Waals surface area contributed by atoms with Crippen LogP contribution >= 0.6 is 11.3 Å². The van der Waals surface area contributed by atoms with E-state index >= 15 is 0 Å². The number of halogens is 1. The van der Waals surface area contributed by atoms with Gasteiger partial charge in [0.1, 0.15) is 18.2 Å². The fourth-order valence-corrected chi connectivity index (χ4v) is 5.45. The van der Waals surface area contributed by atoms with Gasteiger partial charge in [-0.3, -0.25) is 4.79 Å². The van der Waals surface area contributed by atoms with E-state index in [1.54, 1.807) is 43.8 Å². The number of fused-ring (bicyclic) bond motifs is 1. The molecule has 7 heteroatoms. The van der Waals surface area contributed by atoms with Crippen LogP contribution in [0.4, 0.5) is 10.1 Å². The molecule has 0 spiro atoms. The van der Waals surface area contributed by atoms with Gasteiger partial charge < -0.3 is 19.5 Å². The average molecular weight is 490 g/mol. The van der Waals surface area contributed by atoms with Gasteiger partial charge in [0.05, 0.1) is 19.9 Å². The van der Waals surface area contributed by atoms with Gasteiger partial charge in [-0.15, -0.1) is 11.3 Å². The van der Waals surface area contributed by atoms with Crippen molar-refractivity contribution in [2.45, 2.75) is 18.9 Å². The molecule has 4 aromatic rings. The van der Waals surface area contributed by atoms with E-state index in [1.807, 2.05) is 42.5 Å². The van der Waals surface area contributed by atoms with Crippen LogP contribution in [0.3, 0.4) is 0 Å². The standard InChI is InChI=1S/C28H24FNO4S/c1-32-24-12-9-18(13-25(24)33-2)22-16-35-28-21(14-26(31)30-27(22)28)17-7-10-20(11-8-17)34-15-19-5-3-4-6-23(19)29/h3-13,16,21H,14-15H2,1-2H3,(H,30,31)/t21-/m1/s1. The molecule has 5 nitrogen and oxygen atoms in total. The van der Waals surface area contributed by atoms with E-state index in [0.717, 1.165) is 27.3 Å². The zero-order valence-electron chi connectivity index (χ0n) is 19.3. The first kappa shape index (κ1) is 22.9. The molecule has 2 heterocycles. The third-order valence-electron chi connectivity index (χ3n) is 6.12. The topological polar surface area (TPSA) is 56.8 Å². The van der Waals surface area contributed by atoms with Crippen LogP contribution in [0.15, 0.2) is 72.1 Å². The van der Waals surface area contributed by atoms with Crippen molar-refractivity contribution < 1.29 is 23.4 Å². The molecule has 1 amide bonds. The van der Waals surface area contributed by atoms with Crippen LogP contribution in [0, 0.1) is 5.82 Å². The smallest absolute Gasteiger partial charge is 0.225 e. The molecule has 5 rings (SSSR count). The molecule has 0 saturated carbocycles. The molecule has 35 heavy (non-hydrogen) atoms. The lowest BCUT2D eigenvalue weighted by atomic mass is 9.89. The van der Waals surface area contributed by atoms with Crippen LogP contribution in [0.1, 0.15) is 28.3 Å². The number of hydrogen-bond acceptors (Lipinski definition) is 5. The van der Waals surface area contributed by atoms with Crippen LogP contribution in [0.5, 0.6) is 17.2 Å². The van der Waals surface area contributed by atoms with Crippen molar-refractivity contribution in [3.63, 3.8) is 0 Å². The van der Waals surface area contributed by atoms with Crippen LogP contribution in [-0.2, 0) is 11.4 Å². The number of amides is 1. The molecule has 0 unspecified atom stereocenters. The molecule has 0 fully saturated rings. The highest BCUT2D eigenvalue weighted by Gasteiger charge is 2.30. The molecule has 1 N–H and O–H groups in total. The third kappa shape index (κ3) is 4.59. The highest BCUT2D eigenvalue weighted by Crippen LogP contribution is 2.47. The first-order valence-electron chi connectivity index (χ1n) is 11.2. The number of carbonyl (C=O) groups is 1. The number of rotatable bonds is 7. The molecule has 1 atom stereocenters. The van der Waals surface area contributed by atoms with Gasteiger partial charge in [0.15, 0.2) is 11.5 Å². The minimum atomic E-state index is -0.284. The fraction of sp³-hybridized carbons (Fsp3) is 0.179. The zero-order valence-corrected chi connectivity index (χ0v) is 20.2. The number of carbonyl (C=O) groups excluding carboxylic acids is 1. The Balaban J connectivity index is 1.40. The van der Waals surface area contributed by atoms with Crippen LogP contribution in [0.2, 0.25) is 0 Å². The Labute approximate surface area is 207 Å². The van der Waals surface area contributed by atoms with E-state index in [1.165, 1.54) is 6.07 Å². The lowest BCUT2D eigenvalue weighted by Gasteiger charge is -2.24. The minimum Gasteiger partial charge on any atom is -0.493 e. The second-order valence-corrected chi connectivity index (χ2v) is 9.12. The Morgan fingerprint density at radius 2 is 1.77 bits per heavy atom. The molecular formula is C28H24FNO4S. The van der Waals surface area contributed by atoms with Crippen molar-refractivity contribution in [2.75, 3.05) is 19.5 Å². The molecular weight excluding hydrogens is 465 g/mol. The Morgan fingerprint density at radius 1 is 1.00 bits per heavy atom. The first-order valence-corrected chi connectivity index (χ1v) is 12.0. The van der Waals surface area contributed by atoms with Gasteiger partial charge in [0.2, 0.25) is 5.91 Å². The highest BCUT2D eigenvalue weighted by molar-refractivity contribution is 7.11. The summed E-state index contributed by atoms with van der Waals surface area (Å²) in [6.45, 7) is 0.154. The maximum atomic E-state index is 13.9. The lowest BCUT2D eigenvalue weighted by Crippen LogP contribution is -2.22. The van der Waals surface area contributed by atoms with Crippen molar-refractivity contribution in [2.24, 2.45) is 0 Å². The van der Waals surface area contributed by atoms with E-state index in [9.17, 15) is 9.18 Å². The zero-order chi connectivity index (χ0) is 24.4. The molecule has 0 aliphatic carbocycles. The van der Waals surface area contributed by atoms with E-state index in [4.69, 9.17) is 14.2 Å². The normalized spacial score (nSPS) is 14.7. The number of ether oxygens (including phenoxy) is 3. The summed E-state index contributed by atoms with van der Waals surface area (Å²) < 4.78 is 30.4. The van der Waals surface area contributed by atoms with Crippen molar-refractivity contribution in [3.8, 4) is 28.4 Å². The number of benzene rings is 3. The van der Waals surface area contributed by atoms with Crippen molar-refractivity contribution >= 4 is 22.9 Å². The predicted molar refractivity (Wildman–Crippen MR) is 135 cm³/mol. The number of thiophene rings is 1. The summed E-state index contributed by atoms with van der Waals surface area (Å²) in [5.74, 6) is 1.57. The van der Waals surface area contributed by atoms with E-state index < -0.39 is 0 Å². The number of methoxy groups -OCH3 is 2. The van der Waals surface area contributed by atoms with E-state index in [2.05, 4.69) is 10.7 Å². The largest absolute Gasteiger partial charge is 0.493 e. The second-order valence-electron chi connectivity index (χ2n) is 8.21. The van der Waals surface area contributed by atoms with Crippen LogP contribution in [0.25, 0.3) is 11.1 Å². The molecule has 0 saturated heterocycles. The Kier molecular flexibility index (Phi) is 6.42. The quantitative estimate of drug-likeness (QED) is 0.317. The van der Waals surface area contributed by atoms with Crippen LogP contribution < -0.4 is 19.5 Å². The summed E-state index contributed by atoms with van der Waals surface area (Å²) in [5, 5.41) is 5.13. The Hall–Kier alpha value is -3.84. The summed E-state index contributed by atoms with van der Waals surface area (Å²) in [6, 6.07) is 20.0. The molecule has 1 aliphatic heterocycles. The van der Waals surface area contributed by atoms with Crippen molar-refractivity contribution in [3.05, 3.63) is 93.9 Å². The maximum absolute atomic E-state index is 13.9. The SMILES string of the molecule is COc1ccc(-c2csc3c2NC(=O)C[C@@H]3c2ccc(OCc3ccccc3F)cc2)cc1OC. The molecule has 1 aromatic heterocycles. The summed E-state index contributed by atoms with van der Waals surface area (Å²) in [4.78, 5) is 13.8. The maximum Gasteiger partial charge on any atom is 0.225 e. The van der Waals surface area contributed by atoms with Gasteiger partial charge in [-0.05, 0) is 41.5 Å². The number of anilines is 1. The highest BCUT2D eigenvalue weighted by atomic mass is 32.1. The second kappa shape index (κ2) is 9.80. The first-order chi connectivity index (χ1) is 17.1. The lowest BCUT2D eigenvalue weighted by molar-refractivity contribution is -0.116. The summed E-state index contributed by atoms with van der Waals surface area (Å²) in [6.07, 6.45) is 0.369. The Bertz CT molecular complexity index is 1370.